The Morgan fingerprint density at radius 1 is 1.17 bits per heavy atom. The Labute approximate surface area is 171 Å². The van der Waals surface area contributed by atoms with Crippen LogP contribution in [0.25, 0.3) is 10.9 Å². The highest BCUT2D eigenvalue weighted by Crippen LogP contribution is 2.31. The second-order valence-electron chi connectivity index (χ2n) is 7.47. The van der Waals surface area contributed by atoms with E-state index in [1.54, 1.807) is 12.1 Å². The standard InChI is InChI=1S/C22H26N4O2S/c1-16-7-8-18-19(24-10-4-9-23)14-22(25-20(18)13-16)26-11-12-29(27,28)21-6-3-2-5-17(21)15-26/h2-3,5-8,13-14H,4,9-12,15,23H2,1H3,(H,24,25). The third-order valence-corrected chi connectivity index (χ3v) is 7.06. The predicted molar refractivity (Wildman–Crippen MR) is 118 cm³/mol. The van der Waals surface area contributed by atoms with Gasteiger partial charge in [0.2, 0.25) is 0 Å². The highest BCUT2D eigenvalue weighted by Gasteiger charge is 2.26. The molecular weight excluding hydrogens is 384 g/mol. The molecule has 2 heterocycles. The molecule has 4 rings (SSSR count). The summed E-state index contributed by atoms with van der Waals surface area (Å²) in [6, 6.07) is 15.5. The van der Waals surface area contributed by atoms with Gasteiger partial charge in [-0.25, -0.2) is 13.4 Å². The van der Waals surface area contributed by atoms with Gasteiger partial charge in [0, 0.05) is 36.8 Å². The number of fused-ring (bicyclic) bond motifs is 2. The second-order valence-corrected chi connectivity index (χ2v) is 9.54. The van der Waals surface area contributed by atoms with Gasteiger partial charge in [-0.3, -0.25) is 0 Å². The smallest absolute Gasteiger partial charge is 0.180 e. The monoisotopic (exact) mass is 410 g/mol. The van der Waals surface area contributed by atoms with Gasteiger partial charge in [-0.2, -0.15) is 0 Å². The van der Waals surface area contributed by atoms with Gasteiger partial charge in [0.05, 0.1) is 16.2 Å². The Kier molecular flexibility index (Phi) is 5.43. The Hall–Kier alpha value is -2.64. The largest absolute Gasteiger partial charge is 0.384 e. The molecule has 0 atom stereocenters. The average molecular weight is 411 g/mol. The molecule has 3 aromatic rings. The number of hydrogen-bond donors (Lipinski definition) is 2. The quantitative estimate of drug-likeness (QED) is 0.629. The van der Waals surface area contributed by atoms with Crippen LogP contribution < -0.4 is 16.0 Å². The van der Waals surface area contributed by atoms with E-state index in [2.05, 4.69) is 28.4 Å². The highest BCUT2D eigenvalue weighted by molar-refractivity contribution is 7.91. The summed E-state index contributed by atoms with van der Waals surface area (Å²) in [6.07, 6.45) is 0.875. The van der Waals surface area contributed by atoms with Gasteiger partial charge in [-0.1, -0.05) is 30.3 Å². The first-order valence-corrected chi connectivity index (χ1v) is 11.5. The summed E-state index contributed by atoms with van der Waals surface area (Å²) in [5.41, 5.74) is 9.49. The predicted octanol–water partition coefficient (Wildman–Crippen LogP) is 3.10. The molecule has 0 bridgehead atoms. The second kappa shape index (κ2) is 8.00. The molecule has 3 N–H and O–H groups in total. The summed E-state index contributed by atoms with van der Waals surface area (Å²) in [5.74, 6) is 0.860. The van der Waals surface area contributed by atoms with Crippen molar-refractivity contribution in [3.05, 3.63) is 59.7 Å². The average Bonchev–Trinajstić information content (AvgIpc) is 2.84. The number of nitrogens with two attached hydrogens (primary N) is 1. The van der Waals surface area contributed by atoms with E-state index in [-0.39, 0.29) is 5.75 Å². The van der Waals surface area contributed by atoms with E-state index in [9.17, 15) is 8.42 Å². The number of sulfone groups is 1. The first-order valence-electron chi connectivity index (χ1n) is 9.89. The number of pyridine rings is 1. The molecule has 152 valence electrons. The summed E-state index contributed by atoms with van der Waals surface area (Å²) >= 11 is 0. The molecule has 0 saturated carbocycles. The number of hydrogen-bond acceptors (Lipinski definition) is 6. The number of benzene rings is 2. The minimum Gasteiger partial charge on any atom is -0.384 e. The molecule has 0 spiro atoms. The van der Waals surface area contributed by atoms with E-state index in [1.165, 1.54) is 0 Å². The third kappa shape index (κ3) is 4.06. The van der Waals surface area contributed by atoms with Crippen LogP contribution in [0.2, 0.25) is 0 Å². The van der Waals surface area contributed by atoms with Crippen LogP contribution in [0.5, 0.6) is 0 Å². The van der Waals surface area contributed by atoms with Gasteiger partial charge in [0.1, 0.15) is 5.82 Å². The van der Waals surface area contributed by atoms with Crippen molar-refractivity contribution in [2.24, 2.45) is 5.73 Å². The maximum absolute atomic E-state index is 12.7. The van der Waals surface area contributed by atoms with Crippen molar-refractivity contribution in [3.63, 3.8) is 0 Å². The van der Waals surface area contributed by atoms with E-state index in [0.29, 0.717) is 24.5 Å². The van der Waals surface area contributed by atoms with E-state index < -0.39 is 9.84 Å². The number of nitrogens with zero attached hydrogens (tertiary/aromatic N) is 2. The van der Waals surface area contributed by atoms with Crippen molar-refractivity contribution in [3.8, 4) is 0 Å². The van der Waals surface area contributed by atoms with Crippen molar-refractivity contribution in [1.29, 1.82) is 0 Å². The van der Waals surface area contributed by atoms with Gasteiger partial charge < -0.3 is 16.0 Å². The molecule has 29 heavy (non-hydrogen) atoms. The number of rotatable bonds is 5. The normalized spacial score (nSPS) is 15.7. The zero-order valence-electron chi connectivity index (χ0n) is 16.6. The van der Waals surface area contributed by atoms with Gasteiger partial charge in [-0.05, 0) is 43.1 Å². The van der Waals surface area contributed by atoms with Crippen molar-refractivity contribution in [2.45, 2.75) is 24.8 Å². The van der Waals surface area contributed by atoms with Crippen molar-refractivity contribution >= 4 is 32.2 Å². The molecule has 1 aliphatic heterocycles. The summed E-state index contributed by atoms with van der Waals surface area (Å²) in [4.78, 5) is 7.36. The lowest BCUT2D eigenvalue weighted by molar-refractivity contribution is 0.596. The van der Waals surface area contributed by atoms with Crippen LogP contribution in [-0.4, -0.2) is 38.8 Å². The Morgan fingerprint density at radius 3 is 2.83 bits per heavy atom. The molecule has 0 unspecified atom stereocenters. The maximum atomic E-state index is 12.7. The molecule has 2 aromatic carbocycles. The zero-order valence-corrected chi connectivity index (χ0v) is 17.4. The molecule has 0 radical (unpaired) electrons. The summed E-state index contributed by atoms with van der Waals surface area (Å²) in [7, 11) is -3.30. The molecule has 7 heteroatoms. The molecule has 0 saturated heterocycles. The van der Waals surface area contributed by atoms with Crippen molar-refractivity contribution in [2.75, 3.05) is 35.6 Å². The molecule has 1 aromatic heterocycles. The molecule has 1 aliphatic rings. The number of aromatic nitrogens is 1. The van der Waals surface area contributed by atoms with E-state index in [1.807, 2.05) is 25.1 Å². The van der Waals surface area contributed by atoms with Crippen molar-refractivity contribution < 1.29 is 8.42 Å². The molecule has 0 amide bonds. The van der Waals surface area contributed by atoms with E-state index in [4.69, 9.17) is 10.7 Å². The molecule has 0 fully saturated rings. The summed E-state index contributed by atoms with van der Waals surface area (Å²) in [5, 5.41) is 4.53. The molecule has 6 nitrogen and oxygen atoms in total. The van der Waals surface area contributed by atoms with Gasteiger partial charge in [0.15, 0.2) is 9.84 Å². The fraction of sp³-hybridized carbons (Fsp3) is 0.318. The topological polar surface area (TPSA) is 88.3 Å². The fourth-order valence-corrected chi connectivity index (χ4v) is 5.21. The van der Waals surface area contributed by atoms with Crippen LogP contribution in [0.1, 0.15) is 17.5 Å². The Morgan fingerprint density at radius 2 is 2.00 bits per heavy atom. The lowest BCUT2D eigenvalue weighted by Crippen LogP contribution is -2.26. The van der Waals surface area contributed by atoms with E-state index in [0.717, 1.165) is 46.5 Å². The van der Waals surface area contributed by atoms with Crippen LogP contribution in [0.3, 0.4) is 0 Å². The minimum absolute atomic E-state index is 0.0769. The summed E-state index contributed by atoms with van der Waals surface area (Å²) < 4.78 is 25.4. The van der Waals surface area contributed by atoms with Gasteiger partial charge >= 0.3 is 0 Å². The van der Waals surface area contributed by atoms with Crippen LogP contribution in [-0.2, 0) is 16.4 Å². The Bertz CT molecular complexity index is 1140. The number of aryl methyl sites for hydroxylation is 1. The van der Waals surface area contributed by atoms with Crippen molar-refractivity contribution in [1.82, 2.24) is 4.98 Å². The highest BCUT2D eigenvalue weighted by atomic mass is 32.2. The lowest BCUT2D eigenvalue weighted by atomic mass is 10.1. The molecule has 0 aliphatic carbocycles. The van der Waals surface area contributed by atoms with Gasteiger partial charge in [0.25, 0.3) is 0 Å². The number of nitrogens with one attached hydrogen (secondary N) is 1. The zero-order chi connectivity index (χ0) is 20.4. The van der Waals surface area contributed by atoms with Crippen LogP contribution in [0.4, 0.5) is 11.5 Å². The van der Waals surface area contributed by atoms with Crippen LogP contribution >= 0.6 is 0 Å². The lowest BCUT2D eigenvalue weighted by Gasteiger charge is -2.23. The Balaban J connectivity index is 1.77. The fourth-order valence-electron chi connectivity index (χ4n) is 3.72. The van der Waals surface area contributed by atoms with Gasteiger partial charge in [-0.15, -0.1) is 0 Å². The SMILES string of the molecule is Cc1ccc2c(NCCCN)cc(N3CCS(=O)(=O)c4ccccc4C3)nc2c1. The first kappa shape index (κ1) is 19.7. The van der Waals surface area contributed by atoms with E-state index >= 15 is 0 Å². The van der Waals surface area contributed by atoms with Crippen LogP contribution in [0.15, 0.2) is 53.4 Å². The molecular formula is C22H26N4O2S. The third-order valence-electron chi connectivity index (χ3n) is 5.27. The summed E-state index contributed by atoms with van der Waals surface area (Å²) in [6.45, 7) is 4.37. The minimum atomic E-state index is -3.30. The first-order chi connectivity index (χ1) is 14.0. The number of anilines is 2. The van der Waals surface area contributed by atoms with Crippen LogP contribution in [0, 0.1) is 6.92 Å². The maximum Gasteiger partial charge on any atom is 0.180 e.